The van der Waals surface area contributed by atoms with Crippen LogP contribution in [0.4, 0.5) is 8.78 Å². The summed E-state index contributed by atoms with van der Waals surface area (Å²) in [6, 6.07) is 3.39. The van der Waals surface area contributed by atoms with Crippen molar-refractivity contribution in [2.24, 2.45) is 5.92 Å². The van der Waals surface area contributed by atoms with E-state index in [0.29, 0.717) is 11.5 Å². The van der Waals surface area contributed by atoms with Gasteiger partial charge in [-0.25, -0.2) is 8.78 Å². The lowest BCUT2D eigenvalue weighted by Gasteiger charge is -2.15. The zero-order valence-corrected chi connectivity index (χ0v) is 13.8. The highest BCUT2D eigenvalue weighted by Gasteiger charge is 2.18. The van der Waals surface area contributed by atoms with Crippen LogP contribution in [0.2, 0.25) is 0 Å². The van der Waals surface area contributed by atoms with Gasteiger partial charge in [0.05, 0.1) is 12.2 Å². The number of nitrogens with zero attached hydrogens (tertiary/aromatic N) is 4. The molecule has 0 aliphatic carbocycles. The fraction of sp³-hybridized carbons (Fsp3) is 0.500. The SMILES string of the molecule is CCCC(CCC)C(=O)NCc1nnnn1-c1ccc(F)c(F)c1. The first kappa shape index (κ1) is 18.0. The van der Waals surface area contributed by atoms with Crippen LogP contribution < -0.4 is 5.32 Å². The number of benzene rings is 1. The van der Waals surface area contributed by atoms with Crippen molar-refractivity contribution < 1.29 is 13.6 Å². The summed E-state index contributed by atoms with van der Waals surface area (Å²) in [5.41, 5.74) is 0.293. The van der Waals surface area contributed by atoms with Crippen molar-refractivity contribution in [2.75, 3.05) is 0 Å². The summed E-state index contributed by atoms with van der Waals surface area (Å²) in [6.45, 7) is 4.20. The monoisotopic (exact) mass is 337 g/mol. The van der Waals surface area contributed by atoms with Crippen molar-refractivity contribution in [1.82, 2.24) is 25.5 Å². The summed E-state index contributed by atoms with van der Waals surface area (Å²) < 4.78 is 27.7. The van der Waals surface area contributed by atoms with Gasteiger partial charge in [0.2, 0.25) is 5.91 Å². The number of aromatic nitrogens is 4. The van der Waals surface area contributed by atoms with E-state index in [2.05, 4.69) is 20.8 Å². The molecule has 0 radical (unpaired) electrons. The van der Waals surface area contributed by atoms with Crippen LogP contribution in [-0.4, -0.2) is 26.1 Å². The Labute approximate surface area is 139 Å². The third-order valence-corrected chi connectivity index (χ3v) is 3.75. The van der Waals surface area contributed by atoms with Crippen LogP contribution in [0.3, 0.4) is 0 Å². The summed E-state index contributed by atoms with van der Waals surface area (Å²) in [7, 11) is 0. The van der Waals surface area contributed by atoms with Crippen LogP contribution >= 0.6 is 0 Å². The molecule has 0 fully saturated rings. The van der Waals surface area contributed by atoms with Gasteiger partial charge in [-0.2, -0.15) is 4.68 Å². The maximum Gasteiger partial charge on any atom is 0.223 e. The van der Waals surface area contributed by atoms with E-state index in [1.807, 2.05) is 13.8 Å². The lowest BCUT2D eigenvalue weighted by Crippen LogP contribution is -2.31. The molecule has 1 heterocycles. The lowest BCUT2D eigenvalue weighted by molar-refractivity contribution is -0.125. The van der Waals surface area contributed by atoms with Crippen LogP contribution in [0.1, 0.15) is 45.4 Å². The number of nitrogens with one attached hydrogen (secondary N) is 1. The zero-order chi connectivity index (χ0) is 17.5. The van der Waals surface area contributed by atoms with E-state index < -0.39 is 11.6 Å². The van der Waals surface area contributed by atoms with Gasteiger partial charge in [0, 0.05) is 12.0 Å². The summed E-state index contributed by atoms with van der Waals surface area (Å²) in [6.07, 6.45) is 3.52. The molecule has 0 saturated carbocycles. The highest BCUT2D eigenvalue weighted by Crippen LogP contribution is 2.15. The minimum Gasteiger partial charge on any atom is -0.348 e. The van der Waals surface area contributed by atoms with Gasteiger partial charge in [-0.05, 0) is 35.4 Å². The Morgan fingerprint density at radius 2 is 1.92 bits per heavy atom. The predicted molar refractivity (Wildman–Crippen MR) is 84.2 cm³/mol. The summed E-state index contributed by atoms with van der Waals surface area (Å²) >= 11 is 0. The van der Waals surface area contributed by atoms with Gasteiger partial charge < -0.3 is 5.32 Å². The van der Waals surface area contributed by atoms with E-state index in [9.17, 15) is 13.6 Å². The number of rotatable bonds is 8. The number of amides is 1. The van der Waals surface area contributed by atoms with Gasteiger partial charge in [0.25, 0.3) is 0 Å². The van der Waals surface area contributed by atoms with Gasteiger partial charge >= 0.3 is 0 Å². The van der Waals surface area contributed by atoms with E-state index in [4.69, 9.17) is 0 Å². The minimum absolute atomic E-state index is 0.0346. The Morgan fingerprint density at radius 3 is 2.54 bits per heavy atom. The molecule has 0 atom stereocenters. The summed E-state index contributed by atoms with van der Waals surface area (Å²) in [4.78, 5) is 12.3. The molecule has 130 valence electrons. The first-order valence-corrected chi connectivity index (χ1v) is 8.07. The second-order valence-corrected chi connectivity index (χ2v) is 5.60. The number of halogens is 2. The van der Waals surface area contributed by atoms with Gasteiger partial charge in [-0.3, -0.25) is 4.79 Å². The van der Waals surface area contributed by atoms with Gasteiger partial charge in [0.15, 0.2) is 17.5 Å². The smallest absolute Gasteiger partial charge is 0.223 e. The molecule has 1 amide bonds. The molecular weight excluding hydrogens is 316 g/mol. The maximum atomic E-state index is 13.4. The van der Waals surface area contributed by atoms with Crippen molar-refractivity contribution >= 4 is 5.91 Å². The average molecular weight is 337 g/mol. The fourth-order valence-electron chi connectivity index (χ4n) is 2.55. The average Bonchev–Trinajstić information content (AvgIpc) is 3.03. The number of tetrazole rings is 1. The van der Waals surface area contributed by atoms with E-state index in [-0.39, 0.29) is 18.4 Å². The minimum atomic E-state index is -0.982. The van der Waals surface area contributed by atoms with E-state index in [0.717, 1.165) is 37.8 Å². The molecular formula is C16H21F2N5O. The molecule has 1 aromatic carbocycles. The normalized spacial score (nSPS) is 11.0. The Morgan fingerprint density at radius 1 is 1.21 bits per heavy atom. The third kappa shape index (κ3) is 4.33. The molecule has 0 saturated heterocycles. The van der Waals surface area contributed by atoms with Crippen LogP contribution in [0.15, 0.2) is 18.2 Å². The van der Waals surface area contributed by atoms with Crippen molar-refractivity contribution in [3.8, 4) is 5.69 Å². The first-order chi connectivity index (χ1) is 11.6. The Bertz CT molecular complexity index is 683. The second-order valence-electron chi connectivity index (χ2n) is 5.60. The van der Waals surface area contributed by atoms with Gasteiger partial charge in [0.1, 0.15) is 0 Å². The van der Waals surface area contributed by atoms with Gasteiger partial charge in [-0.1, -0.05) is 26.7 Å². The van der Waals surface area contributed by atoms with Crippen LogP contribution in [0.25, 0.3) is 5.69 Å². The highest BCUT2D eigenvalue weighted by molar-refractivity contribution is 5.78. The fourth-order valence-corrected chi connectivity index (χ4v) is 2.55. The van der Waals surface area contributed by atoms with Crippen LogP contribution in [0.5, 0.6) is 0 Å². The molecule has 24 heavy (non-hydrogen) atoms. The molecule has 2 rings (SSSR count). The van der Waals surface area contributed by atoms with E-state index >= 15 is 0 Å². The number of carbonyl (C=O) groups excluding carboxylic acids is 1. The molecule has 0 unspecified atom stereocenters. The van der Waals surface area contributed by atoms with E-state index in [1.165, 1.54) is 10.7 Å². The largest absolute Gasteiger partial charge is 0.348 e. The molecule has 6 nitrogen and oxygen atoms in total. The molecule has 8 heteroatoms. The number of carbonyl (C=O) groups is 1. The molecule has 0 aliphatic heterocycles. The predicted octanol–water partition coefficient (Wildman–Crippen LogP) is 2.77. The molecule has 0 spiro atoms. The lowest BCUT2D eigenvalue weighted by atomic mass is 9.97. The quantitative estimate of drug-likeness (QED) is 0.804. The first-order valence-electron chi connectivity index (χ1n) is 8.07. The second kappa shape index (κ2) is 8.47. The number of hydrogen-bond donors (Lipinski definition) is 1. The summed E-state index contributed by atoms with van der Waals surface area (Å²) in [5.74, 6) is -1.65. The summed E-state index contributed by atoms with van der Waals surface area (Å²) in [5, 5.41) is 14.0. The number of hydrogen-bond acceptors (Lipinski definition) is 4. The Balaban J connectivity index is 2.07. The van der Waals surface area contributed by atoms with Crippen LogP contribution in [0, 0.1) is 17.6 Å². The standard InChI is InChI=1S/C16H21F2N5O/c1-3-5-11(6-4-2)16(24)19-10-15-20-21-22-23(15)12-7-8-13(17)14(18)9-12/h7-9,11H,3-6,10H2,1-2H3,(H,19,24). The highest BCUT2D eigenvalue weighted by atomic mass is 19.2. The van der Waals surface area contributed by atoms with E-state index in [1.54, 1.807) is 0 Å². The Kier molecular flexibility index (Phi) is 6.34. The topological polar surface area (TPSA) is 72.7 Å². The molecule has 1 N–H and O–H groups in total. The zero-order valence-electron chi connectivity index (χ0n) is 13.8. The van der Waals surface area contributed by atoms with Crippen molar-refractivity contribution in [2.45, 2.75) is 46.1 Å². The van der Waals surface area contributed by atoms with Crippen molar-refractivity contribution in [3.63, 3.8) is 0 Å². The van der Waals surface area contributed by atoms with Crippen molar-refractivity contribution in [1.29, 1.82) is 0 Å². The Hall–Kier alpha value is -2.38. The molecule has 1 aromatic heterocycles. The maximum absolute atomic E-state index is 13.4. The third-order valence-electron chi connectivity index (χ3n) is 3.75. The molecule has 0 bridgehead atoms. The van der Waals surface area contributed by atoms with Crippen LogP contribution in [-0.2, 0) is 11.3 Å². The van der Waals surface area contributed by atoms with Crippen molar-refractivity contribution in [3.05, 3.63) is 35.7 Å². The van der Waals surface area contributed by atoms with Gasteiger partial charge in [-0.15, -0.1) is 5.10 Å². The molecule has 2 aromatic rings. The molecule has 0 aliphatic rings.